The number of nitrogens with zero attached hydrogens (tertiary/aromatic N) is 4. The highest BCUT2D eigenvalue weighted by Gasteiger charge is 2.26. The van der Waals surface area contributed by atoms with Gasteiger partial charge >= 0.3 is 0 Å². The quantitative estimate of drug-likeness (QED) is 0.280. The molecule has 11 nitrogen and oxygen atoms in total. The number of hydrogen-bond donors (Lipinski definition) is 4. The first-order valence-electron chi connectivity index (χ1n) is 12.5. The van der Waals surface area contributed by atoms with E-state index in [1.54, 1.807) is 44.3 Å². The molecular weight excluding hydrogens is 517 g/mol. The molecule has 0 bridgehead atoms. The van der Waals surface area contributed by atoms with Crippen molar-refractivity contribution in [1.29, 1.82) is 0 Å². The molecule has 0 saturated carbocycles. The summed E-state index contributed by atoms with van der Waals surface area (Å²) < 4.78 is 15.0. The van der Waals surface area contributed by atoms with Gasteiger partial charge in [0.15, 0.2) is 0 Å². The van der Waals surface area contributed by atoms with Gasteiger partial charge in [0, 0.05) is 25.2 Å². The average molecular weight is 544 g/mol. The van der Waals surface area contributed by atoms with Gasteiger partial charge in [0.2, 0.25) is 11.8 Å². The Hall–Kier alpha value is -5.13. The largest absolute Gasteiger partial charge is 0.492 e. The summed E-state index contributed by atoms with van der Waals surface area (Å²) in [6, 6.07) is 10.8. The second-order valence-corrected chi connectivity index (χ2v) is 9.52. The summed E-state index contributed by atoms with van der Waals surface area (Å²) in [6.45, 7) is 1.82. The lowest BCUT2D eigenvalue weighted by molar-refractivity contribution is 0.0930. The van der Waals surface area contributed by atoms with E-state index in [2.05, 4.69) is 30.9 Å². The zero-order valence-electron chi connectivity index (χ0n) is 21.7. The predicted molar refractivity (Wildman–Crippen MR) is 142 cm³/mol. The molecule has 1 atom stereocenters. The second kappa shape index (κ2) is 10.9. The lowest BCUT2D eigenvalue weighted by Crippen LogP contribution is -2.29. The lowest BCUT2D eigenvalue weighted by Gasteiger charge is -2.14. The molecule has 0 unspecified atom stereocenters. The van der Waals surface area contributed by atoms with Crippen LogP contribution in [-0.2, 0) is 20.0 Å². The molecule has 0 fully saturated rings. The number of carbonyl (C=O) groups is 3. The highest BCUT2D eigenvalue weighted by atomic mass is 19.1. The summed E-state index contributed by atoms with van der Waals surface area (Å²) in [6.07, 6.45) is 3.83. The van der Waals surface area contributed by atoms with Crippen LogP contribution >= 0.6 is 0 Å². The molecule has 4 N–H and O–H groups in total. The summed E-state index contributed by atoms with van der Waals surface area (Å²) in [5.74, 6) is -1.61. The Bertz CT molecular complexity index is 1630. The van der Waals surface area contributed by atoms with Crippen molar-refractivity contribution < 1.29 is 23.9 Å². The van der Waals surface area contributed by atoms with Crippen molar-refractivity contribution in [3.05, 3.63) is 100 Å². The molecule has 3 amide bonds. The summed E-state index contributed by atoms with van der Waals surface area (Å²) in [5.41, 5.74) is 3.53. The third-order valence-electron chi connectivity index (χ3n) is 6.69. The predicted octanol–water partition coefficient (Wildman–Crippen LogP) is 2.96. The van der Waals surface area contributed by atoms with Crippen LogP contribution in [0.3, 0.4) is 0 Å². The summed E-state index contributed by atoms with van der Waals surface area (Å²) in [7, 11) is 1.65. The molecule has 0 spiro atoms. The van der Waals surface area contributed by atoms with E-state index in [1.165, 1.54) is 22.9 Å². The molecule has 5 rings (SSSR count). The Balaban J connectivity index is 1.21. The number of anilines is 1. The number of aromatic nitrogens is 4. The number of hydrogen-bond acceptors (Lipinski definition) is 7. The third kappa shape index (κ3) is 5.65. The number of halogens is 1. The number of benzene rings is 2. The smallest absolute Gasteiger partial charge is 0.270 e. The van der Waals surface area contributed by atoms with E-state index in [4.69, 9.17) is 0 Å². The highest BCUT2D eigenvalue weighted by molar-refractivity contribution is 6.03. The Morgan fingerprint density at radius 2 is 1.82 bits per heavy atom. The standard InChI is InChI=1S/C28H26FN7O4/c1-15-9-16(3-7-20(15)29)12-30-26(39)22-11-23(32-14-31-22)27(40)33-21-8-5-17-10-18(4-6-19(17)21)25(38)35-28-34-24(37)13-36(28)2/h3-4,6-7,9-11,13-14,21,37H,5,8,12H2,1-2H3,(H,30,39)(H,33,40)(H,34,35,38)/t21-/m0/s1. The average Bonchev–Trinajstić information content (AvgIpc) is 3.49. The summed E-state index contributed by atoms with van der Waals surface area (Å²) >= 11 is 0. The third-order valence-corrected chi connectivity index (χ3v) is 6.69. The van der Waals surface area contributed by atoms with Crippen LogP contribution in [0.5, 0.6) is 5.88 Å². The molecule has 0 radical (unpaired) electrons. The minimum absolute atomic E-state index is 0.0301. The van der Waals surface area contributed by atoms with E-state index in [0.717, 1.165) is 23.0 Å². The van der Waals surface area contributed by atoms with Gasteiger partial charge in [-0.1, -0.05) is 18.2 Å². The van der Waals surface area contributed by atoms with Crippen LogP contribution in [0.15, 0.2) is 55.0 Å². The van der Waals surface area contributed by atoms with Crippen LogP contribution in [0.2, 0.25) is 0 Å². The van der Waals surface area contributed by atoms with Gasteiger partial charge in [-0.15, -0.1) is 0 Å². The first kappa shape index (κ1) is 26.5. The molecular formula is C28H26FN7O4. The van der Waals surface area contributed by atoms with Crippen LogP contribution in [0.1, 0.15) is 66.1 Å². The highest BCUT2D eigenvalue weighted by Crippen LogP contribution is 2.32. The van der Waals surface area contributed by atoms with Gasteiger partial charge in [-0.3, -0.25) is 19.7 Å². The van der Waals surface area contributed by atoms with Crippen molar-refractivity contribution in [1.82, 2.24) is 30.2 Å². The minimum atomic E-state index is -0.490. The van der Waals surface area contributed by atoms with E-state index in [9.17, 15) is 23.9 Å². The van der Waals surface area contributed by atoms with Gasteiger partial charge in [-0.05, 0) is 60.2 Å². The van der Waals surface area contributed by atoms with Crippen molar-refractivity contribution >= 4 is 23.7 Å². The van der Waals surface area contributed by atoms with Crippen LogP contribution in [-0.4, -0.2) is 42.3 Å². The summed E-state index contributed by atoms with van der Waals surface area (Å²) in [4.78, 5) is 50.1. The van der Waals surface area contributed by atoms with E-state index in [1.807, 2.05) is 0 Å². The van der Waals surface area contributed by atoms with Crippen molar-refractivity contribution in [3.63, 3.8) is 0 Å². The normalized spacial score (nSPS) is 13.9. The van der Waals surface area contributed by atoms with Crippen LogP contribution in [0.4, 0.5) is 10.3 Å². The first-order chi connectivity index (χ1) is 19.2. The number of rotatable bonds is 7. The van der Waals surface area contributed by atoms with Gasteiger partial charge < -0.3 is 20.3 Å². The van der Waals surface area contributed by atoms with Crippen molar-refractivity contribution in [3.8, 4) is 5.88 Å². The Kier molecular flexibility index (Phi) is 7.23. The van der Waals surface area contributed by atoms with Gasteiger partial charge in [-0.25, -0.2) is 14.4 Å². The van der Waals surface area contributed by atoms with Crippen LogP contribution in [0, 0.1) is 12.7 Å². The molecule has 40 heavy (non-hydrogen) atoms. The molecule has 204 valence electrons. The van der Waals surface area contributed by atoms with E-state index < -0.39 is 11.8 Å². The Morgan fingerprint density at radius 1 is 1.05 bits per heavy atom. The number of fused-ring (bicyclic) bond motifs is 1. The maximum atomic E-state index is 13.5. The zero-order chi connectivity index (χ0) is 28.4. The van der Waals surface area contributed by atoms with Gasteiger partial charge in [0.05, 0.1) is 12.2 Å². The molecule has 0 saturated heterocycles. The fourth-order valence-corrected chi connectivity index (χ4v) is 4.58. The fraction of sp³-hybridized carbons (Fsp3) is 0.214. The number of nitrogens with one attached hydrogen (secondary N) is 3. The van der Waals surface area contributed by atoms with Crippen LogP contribution in [0.25, 0.3) is 0 Å². The topological polar surface area (TPSA) is 151 Å². The van der Waals surface area contributed by atoms with Crippen LogP contribution < -0.4 is 16.0 Å². The monoisotopic (exact) mass is 543 g/mol. The minimum Gasteiger partial charge on any atom is -0.492 e. The second-order valence-electron chi connectivity index (χ2n) is 9.52. The zero-order valence-corrected chi connectivity index (χ0v) is 21.7. The fourth-order valence-electron chi connectivity index (χ4n) is 4.58. The van der Waals surface area contributed by atoms with Crippen molar-refractivity contribution in [2.45, 2.75) is 32.4 Å². The van der Waals surface area contributed by atoms with Crippen molar-refractivity contribution in [2.24, 2.45) is 7.05 Å². The molecule has 2 aromatic carbocycles. The lowest BCUT2D eigenvalue weighted by atomic mass is 10.0. The van der Waals surface area contributed by atoms with Gasteiger partial charge in [-0.2, -0.15) is 4.98 Å². The maximum Gasteiger partial charge on any atom is 0.270 e. The molecule has 4 aromatic rings. The van der Waals surface area contributed by atoms with E-state index in [0.29, 0.717) is 24.0 Å². The number of aryl methyl sites for hydroxylation is 3. The summed E-state index contributed by atoms with van der Waals surface area (Å²) in [5, 5.41) is 17.8. The number of imidazole rings is 1. The Labute approximate surface area is 228 Å². The first-order valence-corrected chi connectivity index (χ1v) is 12.5. The number of amides is 3. The van der Waals surface area contributed by atoms with Gasteiger partial charge in [0.1, 0.15) is 23.5 Å². The van der Waals surface area contributed by atoms with E-state index in [-0.39, 0.29) is 47.5 Å². The number of aromatic hydroxyl groups is 1. The maximum absolute atomic E-state index is 13.5. The Morgan fingerprint density at radius 3 is 2.55 bits per heavy atom. The SMILES string of the molecule is Cc1cc(CNC(=O)c2cc(C(=O)N[C@H]3CCc4cc(C(=O)Nc5nc(O)cn5C)ccc43)ncn2)ccc1F. The van der Waals surface area contributed by atoms with Crippen molar-refractivity contribution in [2.75, 3.05) is 5.32 Å². The molecule has 1 aliphatic carbocycles. The number of carbonyl (C=O) groups excluding carboxylic acids is 3. The molecule has 12 heteroatoms. The van der Waals surface area contributed by atoms with E-state index >= 15 is 0 Å². The molecule has 2 aromatic heterocycles. The molecule has 0 aliphatic heterocycles. The van der Waals surface area contributed by atoms with Gasteiger partial charge in [0.25, 0.3) is 17.7 Å². The molecule has 1 aliphatic rings. The molecule has 2 heterocycles.